The molecule has 7 heteroatoms. The van der Waals surface area contributed by atoms with Gasteiger partial charge in [0, 0.05) is 24.2 Å². The number of ether oxygens (including phenoxy) is 2. The van der Waals surface area contributed by atoms with Crippen LogP contribution in [0.4, 0.5) is 10.5 Å². The number of carboxylic acid groups (broad SMARTS) is 1. The molecule has 7 nitrogen and oxygen atoms in total. The average Bonchev–Trinajstić information content (AvgIpc) is 3.05. The number of nitriles is 1. The van der Waals surface area contributed by atoms with Crippen LogP contribution in [0.1, 0.15) is 36.3 Å². The number of nitrogens with one attached hydrogen (secondary N) is 2. The van der Waals surface area contributed by atoms with Crippen molar-refractivity contribution in [2.45, 2.75) is 25.2 Å². The highest BCUT2D eigenvalue weighted by atomic mass is 16.5. The van der Waals surface area contributed by atoms with Gasteiger partial charge in [0.05, 0.1) is 23.4 Å². The second-order valence-electron chi connectivity index (χ2n) is 7.40. The van der Waals surface area contributed by atoms with Crippen molar-refractivity contribution in [1.29, 1.82) is 5.26 Å². The zero-order valence-corrected chi connectivity index (χ0v) is 16.7. The van der Waals surface area contributed by atoms with Gasteiger partial charge in [0.2, 0.25) is 0 Å². The SMILES string of the molecule is COCCOc1cc(C2CCC2)c2c(C#N)c(-c3ccc(NC(=O)O)cc3)[nH]c2c1. The molecule has 0 radical (unpaired) electrons. The van der Waals surface area contributed by atoms with Gasteiger partial charge in [0.15, 0.2) is 0 Å². The van der Waals surface area contributed by atoms with Crippen LogP contribution in [0.3, 0.4) is 0 Å². The lowest BCUT2D eigenvalue weighted by Crippen LogP contribution is -2.10. The number of amides is 1. The number of carbonyl (C=O) groups is 1. The number of methoxy groups -OCH3 is 1. The predicted molar refractivity (Wildman–Crippen MR) is 114 cm³/mol. The number of hydrogen-bond acceptors (Lipinski definition) is 4. The number of H-pyrrole nitrogens is 1. The molecule has 0 atom stereocenters. The molecular formula is C23H23N3O4. The Balaban J connectivity index is 1.79. The summed E-state index contributed by atoms with van der Waals surface area (Å²) in [7, 11) is 1.64. The van der Waals surface area contributed by atoms with E-state index in [1.54, 1.807) is 31.4 Å². The van der Waals surface area contributed by atoms with Crippen molar-refractivity contribution in [3.05, 3.63) is 47.5 Å². The maximum atomic E-state index is 10.8. The minimum absolute atomic E-state index is 0.427. The normalized spacial score (nSPS) is 13.6. The Labute approximate surface area is 174 Å². The first kappa shape index (κ1) is 19.8. The molecule has 0 spiro atoms. The fourth-order valence-corrected chi connectivity index (χ4v) is 3.88. The molecule has 1 fully saturated rings. The van der Waals surface area contributed by atoms with Gasteiger partial charge >= 0.3 is 6.09 Å². The van der Waals surface area contributed by atoms with Crippen molar-refractivity contribution in [3.63, 3.8) is 0 Å². The zero-order valence-electron chi connectivity index (χ0n) is 16.7. The summed E-state index contributed by atoms with van der Waals surface area (Å²) in [6.45, 7) is 0.968. The van der Waals surface area contributed by atoms with Crippen LogP contribution >= 0.6 is 0 Å². The van der Waals surface area contributed by atoms with Gasteiger partial charge in [-0.3, -0.25) is 5.32 Å². The first-order valence-corrected chi connectivity index (χ1v) is 9.92. The van der Waals surface area contributed by atoms with E-state index in [-0.39, 0.29) is 0 Å². The van der Waals surface area contributed by atoms with Crippen molar-refractivity contribution in [2.75, 3.05) is 25.6 Å². The molecule has 30 heavy (non-hydrogen) atoms. The van der Waals surface area contributed by atoms with Crippen molar-refractivity contribution < 1.29 is 19.4 Å². The molecule has 1 amide bonds. The van der Waals surface area contributed by atoms with E-state index >= 15 is 0 Å². The summed E-state index contributed by atoms with van der Waals surface area (Å²) in [5.74, 6) is 1.19. The fraction of sp³-hybridized carbons (Fsp3) is 0.304. The van der Waals surface area contributed by atoms with E-state index < -0.39 is 6.09 Å². The number of nitrogens with zero attached hydrogens (tertiary/aromatic N) is 1. The molecular weight excluding hydrogens is 382 g/mol. The summed E-state index contributed by atoms with van der Waals surface area (Å²) in [6, 6.07) is 13.3. The maximum Gasteiger partial charge on any atom is 0.409 e. The third kappa shape index (κ3) is 3.82. The van der Waals surface area contributed by atoms with Gasteiger partial charge in [-0.2, -0.15) is 5.26 Å². The average molecular weight is 405 g/mol. The fourth-order valence-electron chi connectivity index (χ4n) is 3.88. The molecule has 1 aromatic heterocycles. The monoisotopic (exact) mass is 405 g/mol. The topological polar surface area (TPSA) is 107 Å². The Hall–Kier alpha value is -3.50. The largest absolute Gasteiger partial charge is 0.491 e. The third-order valence-corrected chi connectivity index (χ3v) is 5.54. The van der Waals surface area contributed by atoms with Gasteiger partial charge in [0.1, 0.15) is 18.4 Å². The van der Waals surface area contributed by atoms with Crippen LogP contribution in [0.25, 0.3) is 22.2 Å². The van der Waals surface area contributed by atoms with E-state index in [0.29, 0.717) is 30.4 Å². The number of aromatic amines is 1. The highest BCUT2D eigenvalue weighted by Crippen LogP contribution is 2.44. The van der Waals surface area contributed by atoms with E-state index in [4.69, 9.17) is 14.6 Å². The van der Waals surface area contributed by atoms with E-state index in [1.165, 1.54) is 6.42 Å². The lowest BCUT2D eigenvalue weighted by atomic mass is 9.78. The molecule has 4 rings (SSSR count). The van der Waals surface area contributed by atoms with Crippen LogP contribution < -0.4 is 10.1 Å². The Morgan fingerprint density at radius 1 is 1.27 bits per heavy atom. The van der Waals surface area contributed by atoms with Crippen LogP contribution in [-0.2, 0) is 4.74 Å². The lowest BCUT2D eigenvalue weighted by molar-refractivity contribution is 0.146. The van der Waals surface area contributed by atoms with Crippen LogP contribution in [-0.4, -0.2) is 36.5 Å². The lowest BCUT2D eigenvalue weighted by Gasteiger charge is -2.27. The Kier molecular flexibility index (Phi) is 5.59. The summed E-state index contributed by atoms with van der Waals surface area (Å²) < 4.78 is 10.9. The quantitative estimate of drug-likeness (QED) is 0.475. The number of rotatable bonds is 7. The van der Waals surface area contributed by atoms with Crippen LogP contribution in [0.15, 0.2) is 36.4 Å². The van der Waals surface area contributed by atoms with Gasteiger partial charge in [-0.1, -0.05) is 18.6 Å². The standard InChI is InChI=1S/C23H23N3O4/c1-29-9-10-30-17-11-18(14-3-2-4-14)21-19(13-24)22(26-20(21)12-17)15-5-7-16(8-6-15)25-23(27)28/h5-8,11-12,14,25-26H,2-4,9-10H2,1H3,(H,27,28). The van der Waals surface area contributed by atoms with Crippen molar-refractivity contribution in [3.8, 4) is 23.1 Å². The molecule has 1 heterocycles. The number of anilines is 1. The van der Waals surface area contributed by atoms with Crippen molar-refractivity contribution in [2.24, 2.45) is 0 Å². The van der Waals surface area contributed by atoms with E-state index in [2.05, 4.69) is 22.4 Å². The Morgan fingerprint density at radius 2 is 2.03 bits per heavy atom. The Bertz CT molecular complexity index is 1110. The number of benzene rings is 2. The zero-order chi connectivity index (χ0) is 21.1. The second-order valence-corrected chi connectivity index (χ2v) is 7.40. The van der Waals surface area contributed by atoms with E-state index in [0.717, 1.165) is 46.3 Å². The van der Waals surface area contributed by atoms with Crippen molar-refractivity contribution in [1.82, 2.24) is 4.98 Å². The summed E-state index contributed by atoms with van der Waals surface area (Å²) in [5, 5.41) is 22.1. The number of hydrogen-bond donors (Lipinski definition) is 3. The molecule has 0 bridgehead atoms. The molecule has 0 saturated heterocycles. The molecule has 3 N–H and O–H groups in total. The minimum atomic E-state index is -1.11. The smallest absolute Gasteiger partial charge is 0.409 e. The number of fused-ring (bicyclic) bond motifs is 1. The summed E-state index contributed by atoms with van der Waals surface area (Å²) in [4.78, 5) is 14.2. The first-order valence-electron chi connectivity index (χ1n) is 9.92. The Morgan fingerprint density at radius 3 is 2.63 bits per heavy atom. The van der Waals surface area contributed by atoms with Crippen LogP contribution in [0.5, 0.6) is 5.75 Å². The van der Waals surface area contributed by atoms with E-state index in [9.17, 15) is 10.1 Å². The van der Waals surface area contributed by atoms with E-state index in [1.807, 2.05) is 6.07 Å². The summed E-state index contributed by atoms with van der Waals surface area (Å²) in [6.07, 6.45) is 2.30. The third-order valence-electron chi connectivity index (χ3n) is 5.54. The van der Waals surface area contributed by atoms with Gasteiger partial charge in [-0.15, -0.1) is 0 Å². The van der Waals surface area contributed by atoms with Gasteiger partial charge in [0.25, 0.3) is 0 Å². The number of aromatic nitrogens is 1. The molecule has 0 unspecified atom stereocenters. The van der Waals surface area contributed by atoms with Crippen molar-refractivity contribution >= 4 is 22.7 Å². The molecule has 1 aliphatic carbocycles. The molecule has 1 saturated carbocycles. The van der Waals surface area contributed by atoms with Crippen LogP contribution in [0, 0.1) is 11.3 Å². The summed E-state index contributed by atoms with van der Waals surface area (Å²) >= 11 is 0. The van der Waals surface area contributed by atoms with Crippen LogP contribution in [0.2, 0.25) is 0 Å². The molecule has 1 aliphatic rings. The molecule has 3 aromatic rings. The second kappa shape index (κ2) is 8.47. The first-order chi connectivity index (χ1) is 14.6. The molecule has 0 aliphatic heterocycles. The van der Waals surface area contributed by atoms with Gasteiger partial charge in [-0.05, 0) is 48.1 Å². The highest BCUT2D eigenvalue weighted by Gasteiger charge is 2.26. The highest BCUT2D eigenvalue weighted by molar-refractivity contribution is 5.97. The predicted octanol–water partition coefficient (Wildman–Crippen LogP) is 5.09. The molecule has 154 valence electrons. The minimum Gasteiger partial charge on any atom is -0.491 e. The molecule has 2 aromatic carbocycles. The summed E-state index contributed by atoms with van der Waals surface area (Å²) in [5.41, 5.74) is 4.64. The van der Waals surface area contributed by atoms with Gasteiger partial charge < -0.3 is 19.6 Å². The van der Waals surface area contributed by atoms with Gasteiger partial charge in [-0.25, -0.2) is 4.79 Å². The maximum absolute atomic E-state index is 10.8.